The Labute approximate surface area is 192 Å². The standard InChI is InChI=1S/C25H25N5O3/c1-3-4-15-32-21-9-5-19(6-10-21)25(31)29-20-7-11-22(12-8-20)33-24-16-23(27-17-28-24)30-14-13-26-18(30)2/h5-14,16-17H,3-4,15H2,1-2H3,(H,29,31). The first-order valence-electron chi connectivity index (χ1n) is 10.8. The van der Waals surface area contributed by atoms with E-state index in [1.807, 2.05) is 29.8 Å². The van der Waals surface area contributed by atoms with Gasteiger partial charge in [-0.15, -0.1) is 0 Å². The van der Waals surface area contributed by atoms with Gasteiger partial charge in [0.25, 0.3) is 5.91 Å². The number of rotatable bonds is 9. The molecule has 0 atom stereocenters. The summed E-state index contributed by atoms with van der Waals surface area (Å²) in [5, 5.41) is 2.88. The highest BCUT2D eigenvalue weighted by Crippen LogP contribution is 2.23. The molecule has 0 spiro atoms. The van der Waals surface area contributed by atoms with Gasteiger partial charge in [-0.25, -0.2) is 15.0 Å². The molecule has 0 saturated carbocycles. The van der Waals surface area contributed by atoms with Crippen molar-refractivity contribution < 1.29 is 14.3 Å². The fourth-order valence-corrected chi connectivity index (χ4v) is 3.10. The molecule has 0 saturated heterocycles. The van der Waals surface area contributed by atoms with E-state index in [1.54, 1.807) is 48.7 Å². The second-order valence-electron chi connectivity index (χ2n) is 7.37. The molecule has 0 bridgehead atoms. The zero-order chi connectivity index (χ0) is 23.0. The number of carbonyl (C=O) groups excluding carboxylic acids is 1. The number of amides is 1. The second kappa shape index (κ2) is 10.4. The quantitative estimate of drug-likeness (QED) is 0.358. The lowest BCUT2D eigenvalue weighted by Crippen LogP contribution is -2.11. The molecule has 4 aromatic rings. The summed E-state index contributed by atoms with van der Waals surface area (Å²) < 4.78 is 13.3. The molecule has 8 heteroatoms. The number of nitrogens with one attached hydrogen (secondary N) is 1. The van der Waals surface area contributed by atoms with Gasteiger partial charge in [0.15, 0.2) is 0 Å². The van der Waals surface area contributed by atoms with Crippen LogP contribution in [0.3, 0.4) is 0 Å². The van der Waals surface area contributed by atoms with Gasteiger partial charge in [-0.3, -0.25) is 9.36 Å². The highest BCUT2D eigenvalue weighted by Gasteiger charge is 2.08. The van der Waals surface area contributed by atoms with E-state index in [-0.39, 0.29) is 5.91 Å². The lowest BCUT2D eigenvalue weighted by Gasteiger charge is -2.09. The lowest BCUT2D eigenvalue weighted by molar-refractivity contribution is 0.102. The molecule has 0 fully saturated rings. The van der Waals surface area contributed by atoms with Crippen molar-refractivity contribution in [2.24, 2.45) is 0 Å². The van der Waals surface area contributed by atoms with Gasteiger partial charge in [0, 0.05) is 29.7 Å². The van der Waals surface area contributed by atoms with E-state index < -0.39 is 0 Å². The van der Waals surface area contributed by atoms with Crippen molar-refractivity contribution >= 4 is 11.6 Å². The molecule has 0 radical (unpaired) electrons. The van der Waals surface area contributed by atoms with E-state index in [9.17, 15) is 4.79 Å². The van der Waals surface area contributed by atoms with Gasteiger partial charge in [-0.1, -0.05) is 13.3 Å². The second-order valence-corrected chi connectivity index (χ2v) is 7.37. The molecule has 2 heterocycles. The number of imidazole rings is 1. The van der Waals surface area contributed by atoms with Crippen LogP contribution in [0.2, 0.25) is 0 Å². The first kappa shape index (κ1) is 22.0. The predicted molar refractivity (Wildman–Crippen MR) is 125 cm³/mol. The van der Waals surface area contributed by atoms with Crippen LogP contribution in [-0.4, -0.2) is 32.0 Å². The summed E-state index contributed by atoms with van der Waals surface area (Å²) in [5.74, 6) is 3.05. The van der Waals surface area contributed by atoms with Crippen molar-refractivity contribution in [1.82, 2.24) is 19.5 Å². The number of aromatic nitrogens is 4. The van der Waals surface area contributed by atoms with E-state index >= 15 is 0 Å². The summed E-state index contributed by atoms with van der Waals surface area (Å²) in [4.78, 5) is 25.2. The minimum absolute atomic E-state index is 0.195. The number of carbonyl (C=O) groups is 1. The third kappa shape index (κ3) is 5.74. The number of nitrogens with zero attached hydrogens (tertiary/aromatic N) is 4. The number of ether oxygens (including phenoxy) is 2. The van der Waals surface area contributed by atoms with Crippen LogP contribution < -0.4 is 14.8 Å². The van der Waals surface area contributed by atoms with Crippen LogP contribution in [0.5, 0.6) is 17.4 Å². The van der Waals surface area contributed by atoms with E-state index in [2.05, 4.69) is 27.2 Å². The fourth-order valence-electron chi connectivity index (χ4n) is 3.10. The molecule has 1 amide bonds. The summed E-state index contributed by atoms with van der Waals surface area (Å²) in [6.45, 7) is 4.69. The summed E-state index contributed by atoms with van der Waals surface area (Å²) in [7, 11) is 0. The van der Waals surface area contributed by atoms with Gasteiger partial charge in [-0.05, 0) is 61.9 Å². The Bertz CT molecular complexity index is 1200. The normalized spacial score (nSPS) is 10.6. The van der Waals surface area contributed by atoms with Gasteiger partial charge in [-0.2, -0.15) is 0 Å². The Morgan fingerprint density at radius 3 is 2.45 bits per heavy atom. The van der Waals surface area contributed by atoms with Crippen molar-refractivity contribution in [3.63, 3.8) is 0 Å². The summed E-state index contributed by atoms with van der Waals surface area (Å²) in [6.07, 6.45) is 7.06. The summed E-state index contributed by atoms with van der Waals surface area (Å²) in [5.41, 5.74) is 1.22. The van der Waals surface area contributed by atoms with Crippen LogP contribution in [0.4, 0.5) is 5.69 Å². The molecule has 0 aliphatic heterocycles. The minimum atomic E-state index is -0.195. The van der Waals surface area contributed by atoms with Gasteiger partial charge < -0.3 is 14.8 Å². The molecule has 4 rings (SSSR count). The van der Waals surface area contributed by atoms with Crippen molar-refractivity contribution in [2.75, 3.05) is 11.9 Å². The first-order chi connectivity index (χ1) is 16.1. The molecular weight excluding hydrogens is 418 g/mol. The molecule has 0 aliphatic rings. The molecule has 1 N–H and O–H groups in total. The molecule has 33 heavy (non-hydrogen) atoms. The molecule has 168 valence electrons. The first-order valence-corrected chi connectivity index (χ1v) is 10.8. The number of anilines is 1. The van der Waals surface area contributed by atoms with Gasteiger partial charge in [0.1, 0.15) is 29.5 Å². The largest absolute Gasteiger partial charge is 0.494 e. The number of aryl methyl sites for hydroxylation is 1. The van der Waals surface area contributed by atoms with E-state index in [0.717, 1.165) is 24.4 Å². The van der Waals surface area contributed by atoms with Crippen molar-refractivity contribution in [3.05, 3.63) is 84.7 Å². The van der Waals surface area contributed by atoms with Crippen molar-refractivity contribution in [1.29, 1.82) is 0 Å². The predicted octanol–water partition coefficient (Wildman–Crippen LogP) is 5.19. The topological polar surface area (TPSA) is 91.2 Å². The van der Waals surface area contributed by atoms with Crippen molar-refractivity contribution in [2.45, 2.75) is 26.7 Å². The maximum Gasteiger partial charge on any atom is 0.255 e. The average molecular weight is 444 g/mol. The van der Waals surface area contributed by atoms with E-state index in [4.69, 9.17) is 9.47 Å². The average Bonchev–Trinajstić information content (AvgIpc) is 3.27. The van der Waals surface area contributed by atoms with Gasteiger partial charge in [0.05, 0.1) is 6.61 Å². The van der Waals surface area contributed by atoms with Crippen LogP contribution in [0.1, 0.15) is 35.9 Å². The SMILES string of the molecule is CCCCOc1ccc(C(=O)Nc2ccc(Oc3cc(-n4ccnc4C)ncn3)cc2)cc1. The third-order valence-corrected chi connectivity index (χ3v) is 4.92. The molecule has 2 aromatic heterocycles. The monoisotopic (exact) mass is 443 g/mol. The van der Waals surface area contributed by atoms with Crippen LogP contribution in [-0.2, 0) is 0 Å². The zero-order valence-corrected chi connectivity index (χ0v) is 18.6. The Hall–Kier alpha value is -4.20. The van der Waals surface area contributed by atoms with Crippen LogP contribution in [0.25, 0.3) is 5.82 Å². The molecule has 2 aromatic carbocycles. The Balaban J connectivity index is 1.36. The molecule has 0 aliphatic carbocycles. The number of benzene rings is 2. The minimum Gasteiger partial charge on any atom is -0.494 e. The lowest BCUT2D eigenvalue weighted by atomic mass is 10.2. The third-order valence-electron chi connectivity index (χ3n) is 4.92. The van der Waals surface area contributed by atoms with Gasteiger partial charge >= 0.3 is 0 Å². The molecular formula is C25H25N5O3. The van der Waals surface area contributed by atoms with E-state index in [0.29, 0.717) is 35.3 Å². The Morgan fingerprint density at radius 2 is 1.76 bits per heavy atom. The summed E-state index contributed by atoms with van der Waals surface area (Å²) in [6, 6.07) is 15.9. The van der Waals surface area contributed by atoms with E-state index in [1.165, 1.54) is 6.33 Å². The molecule has 0 unspecified atom stereocenters. The van der Waals surface area contributed by atoms with Crippen molar-refractivity contribution in [3.8, 4) is 23.2 Å². The Kier molecular flexibility index (Phi) is 6.94. The molecule has 8 nitrogen and oxygen atoms in total. The van der Waals surface area contributed by atoms with Crippen LogP contribution in [0.15, 0.2) is 73.3 Å². The number of hydrogen-bond acceptors (Lipinski definition) is 6. The fraction of sp³-hybridized carbons (Fsp3) is 0.200. The maximum atomic E-state index is 12.5. The highest BCUT2D eigenvalue weighted by molar-refractivity contribution is 6.04. The van der Waals surface area contributed by atoms with Crippen LogP contribution in [0, 0.1) is 6.92 Å². The smallest absolute Gasteiger partial charge is 0.255 e. The maximum absolute atomic E-state index is 12.5. The van der Waals surface area contributed by atoms with Crippen LogP contribution >= 0.6 is 0 Å². The highest BCUT2D eigenvalue weighted by atomic mass is 16.5. The zero-order valence-electron chi connectivity index (χ0n) is 18.6. The summed E-state index contributed by atoms with van der Waals surface area (Å²) >= 11 is 0. The number of unbranched alkanes of at least 4 members (excludes halogenated alkanes) is 1. The Morgan fingerprint density at radius 1 is 1.00 bits per heavy atom. The number of hydrogen-bond donors (Lipinski definition) is 1. The van der Waals surface area contributed by atoms with Gasteiger partial charge in [0.2, 0.25) is 5.88 Å².